The van der Waals surface area contributed by atoms with Crippen molar-refractivity contribution in [1.29, 1.82) is 0 Å². The SMILES string of the molecule is CCOC(=O)[C@H]1CCCN(C(=O)c2nn(-c3ccccc3F)c(C)cc2=O)C1. The molecule has 8 heteroatoms. The van der Waals surface area contributed by atoms with Crippen LogP contribution in [0.15, 0.2) is 35.1 Å². The predicted octanol–water partition coefficient (Wildman–Crippen LogP) is 2.10. The molecule has 7 nitrogen and oxygen atoms in total. The summed E-state index contributed by atoms with van der Waals surface area (Å²) in [6.07, 6.45) is 1.26. The van der Waals surface area contributed by atoms with Crippen LogP contribution >= 0.6 is 0 Å². The molecule has 2 aromatic rings. The fraction of sp³-hybridized carbons (Fsp3) is 0.400. The molecule has 1 aliphatic rings. The van der Waals surface area contributed by atoms with Gasteiger partial charge in [0.2, 0.25) is 5.43 Å². The van der Waals surface area contributed by atoms with Crippen molar-refractivity contribution in [2.45, 2.75) is 26.7 Å². The summed E-state index contributed by atoms with van der Waals surface area (Å²) in [6.45, 7) is 4.21. The van der Waals surface area contributed by atoms with E-state index in [1.54, 1.807) is 26.0 Å². The van der Waals surface area contributed by atoms with Crippen molar-refractivity contribution < 1.29 is 18.7 Å². The lowest BCUT2D eigenvalue weighted by Crippen LogP contribution is -2.44. The maximum atomic E-state index is 14.2. The van der Waals surface area contributed by atoms with Crippen molar-refractivity contribution in [3.8, 4) is 5.69 Å². The molecule has 0 unspecified atom stereocenters. The highest BCUT2D eigenvalue weighted by atomic mass is 19.1. The molecule has 0 saturated carbocycles. The van der Waals surface area contributed by atoms with Crippen molar-refractivity contribution in [3.63, 3.8) is 0 Å². The predicted molar refractivity (Wildman–Crippen MR) is 99.8 cm³/mol. The Labute approximate surface area is 161 Å². The van der Waals surface area contributed by atoms with Gasteiger partial charge in [-0.05, 0) is 38.8 Å². The van der Waals surface area contributed by atoms with Crippen LogP contribution in [0.5, 0.6) is 0 Å². The molecule has 3 rings (SSSR count). The number of esters is 1. The molecule has 28 heavy (non-hydrogen) atoms. The first kappa shape index (κ1) is 19.7. The Bertz CT molecular complexity index is 957. The second-order valence-corrected chi connectivity index (χ2v) is 6.70. The van der Waals surface area contributed by atoms with E-state index >= 15 is 0 Å². The molecule has 148 valence electrons. The fourth-order valence-corrected chi connectivity index (χ4v) is 3.33. The van der Waals surface area contributed by atoms with Crippen LogP contribution < -0.4 is 5.43 Å². The summed E-state index contributed by atoms with van der Waals surface area (Å²) in [5.41, 5.74) is -0.265. The van der Waals surface area contributed by atoms with Gasteiger partial charge < -0.3 is 9.64 Å². The fourth-order valence-electron chi connectivity index (χ4n) is 3.33. The Morgan fingerprint density at radius 1 is 1.32 bits per heavy atom. The van der Waals surface area contributed by atoms with Crippen molar-refractivity contribution in [2.24, 2.45) is 5.92 Å². The average molecular weight is 387 g/mol. The molecular weight excluding hydrogens is 365 g/mol. The van der Waals surface area contributed by atoms with E-state index in [0.717, 1.165) is 0 Å². The largest absolute Gasteiger partial charge is 0.466 e. The Kier molecular flexibility index (Phi) is 5.87. The number of likely N-dealkylation sites (tertiary alicyclic amines) is 1. The number of carbonyl (C=O) groups is 2. The summed E-state index contributed by atoms with van der Waals surface area (Å²) in [4.78, 5) is 38.8. The Hall–Kier alpha value is -3.03. The summed E-state index contributed by atoms with van der Waals surface area (Å²) < 4.78 is 20.5. The van der Waals surface area contributed by atoms with Gasteiger partial charge in [0.25, 0.3) is 5.91 Å². The quantitative estimate of drug-likeness (QED) is 0.751. The molecule has 0 bridgehead atoms. The van der Waals surface area contributed by atoms with E-state index in [-0.39, 0.29) is 30.5 Å². The second-order valence-electron chi connectivity index (χ2n) is 6.70. The van der Waals surface area contributed by atoms with Gasteiger partial charge in [-0.15, -0.1) is 0 Å². The van der Waals surface area contributed by atoms with Crippen LogP contribution in [-0.4, -0.2) is 46.3 Å². The number of para-hydroxylation sites is 1. The summed E-state index contributed by atoms with van der Waals surface area (Å²) in [5.74, 6) is -1.85. The van der Waals surface area contributed by atoms with E-state index in [9.17, 15) is 18.8 Å². The van der Waals surface area contributed by atoms with Crippen molar-refractivity contribution >= 4 is 11.9 Å². The summed E-state index contributed by atoms with van der Waals surface area (Å²) >= 11 is 0. The summed E-state index contributed by atoms with van der Waals surface area (Å²) in [5, 5.41) is 4.14. The normalized spacial score (nSPS) is 16.7. The molecule has 2 heterocycles. The zero-order chi connectivity index (χ0) is 20.3. The van der Waals surface area contributed by atoms with E-state index < -0.39 is 23.1 Å². The number of benzene rings is 1. The van der Waals surface area contributed by atoms with Gasteiger partial charge in [-0.1, -0.05) is 12.1 Å². The number of carbonyl (C=O) groups excluding carboxylic acids is 2. The minimum atomic E-state index is -0.566. The number of halogens is 1. The van der Waals surface area contributed by atoms with Crippen LogP contribution in [0.25, 0.3) is 5.69 Å². The van der Waals surface area contributed by atoms with Crippen LogP contribution in [0.4, 0.5) is 4.39 Å². The molecule has 1 aromatic carbocycles. The molecule has 0 aliphatic carbocycles. The number of piperidine rings is 1. The third-order valence-electron chi connectivity index (χ3n) is 4.72. The highest BCUT2D eigenvalue weighted by Gasteiger charge is 2.31. The molecule has 1 aliphatic heterocycles. The lowest BCUT2D eigenvalue weighted by molar-refractivity contribution is -0.149. The van der Waals surface area contributed by atoms with Crippen molar-refractivity contribution in [3.05, 3.63) is 57.8 Å². The lowest BCUT2D eigenvalue weighted by Gasteiger charge is -2.31. The van der Waals surface area contributed by atoms with Gasteiger partial charge in [0.15, 0.2) is 5.69 Å². The van der Waals surface area contributed by atoms with E-state index in [2.05, 4.69) is 5.10 Å². The third-order valence-corrected chi connectivity index (χ3v) is 4.72. The third kappa shape index (κ3) is 3.95. The van der Waals surface area contributed by atoms with Gasteiger partial charge in [0.05, 0.1) is 12.5 Å². The smallest absolute Gasteiger partial charge is 0.310 e. The standard InChI is InChI=1S/C20H22FN3O4/c1-3-28-20(27)14-7-6-10-23(12-14)19(26)18-17(25)11-13(2)24(22-18)16-9-5-4-8-15(16)21/h4-5,8-9,11,14H,3,6-7,10,12H2,1-2H3/t14-/m0/s1. The monoisotopic (exact) mass is 387 g/mol. The lowest BCUT2D eigenvalue weighted by atomic mass is 9.98. The first-order valence-corrected chi connectivity index (χ1v) is 9.24. The highest BCUT2D eigenvalue weighted by molar-refractivity contribution is 5.92. The van der Waals surface area contributed by atoms with Crippen molar-refractivity contribution in [1.82, 2.24) is 14.7 Å². The Balaban J connectivity index is 1.92. The summed E-state index contributed by atoms with van der Waals surface area (Å²) in [6, 6.07) is 7.26. The molecule has 0 N–H and O–H groups in total. The zero-order valence-electron chi connectivity index (χ0n) is 15.9. The highest BCUT2D eigenvalue weighted by Crippen LogP contribution is 2.19. The van der Waals surface area contributed by atoms with E-state index in [1.165, 1.54) is 27.8 Å². The average Bonchev–Trinajstić information content (AvgIpc) is 2.69. The number of amides is 1. The number of aromatic nitrogens is 2. The van der Waals surface area contributed by atoms with E-state index in [0.29, 0.717) is 25.1 Å². The molecule has 0 spiro atoms. The Morgan fingerprint density at radius 3 is 2.79 bits per heavy atom. The van der Waals surface area contributed by atoms with Gasteiger partial charge >= 0.3 is 5.97 Å². The van der Waals surface area contributed by atoms with Gasteiger partial charge in [0, 0.05) is 24.8 Å². The maximum Gasteiger partial charge on any atom is 0.310 e. The van der Waals surface area contributed by atoms with E-state index in [4.69, 9.17) is 4.74 Å². The molecular formula is C20H22FN3O4. The number of hydrogen-bond acceptors (Lipinski definition) is 5. The van der Waals surface area contributed by atoms with Gasteiger partial charge in [-0.2, -0.15) is 5.10 Å². The summed E-state index contributed by atoms with van der Waals surface area (Å²) in [7, 11) is 0. The molecule has 1 amide bonds. The number of rotatable bonds is 4. The number of hydrogen-bond donors (Lipinski definition) is 0. The topological polar surface area (TPSA) is 81.5 Å². The molecule has 1 fully saturated rings. The van der Waals surface area contributed by atoms with Crippen LogP contribution in [0.3, 0.4) is 0 Å². The van der Waals surface area contributed by atoms with Gasteiger partial charge in [0.1, 0.15) is 11.5 Å². The molecule has 1 aromatic heterocycles. The van der Waals surface area contributed by atoms with Crippen LogP contribution in [0.2, 0.25) is 0 Å². The molecule has 0 radical (unpaired) electrons. The van der Waals surface area contributed by atoms with Crippen LogP contribution in [0.1, 0.15) is 35.9 Å². The molecule has 1 atom stereocenters. The van der Waals surface area contributed by atoms with E-state index in [1.807, 2.05) is 0 Å². The minimum Gasteiger partial charge on any atom is -0.466 e. The Morgan fingerprint density at radius 2 is 2.07 bits per heavy atom. The molecule has 1 saturated heterocycles. The maximum absolute atomic E-state index is 14.2. The number of ether oxygens (including phenoxy) is 1. The van der Waals surface area contributed by atoms with Crippen LogP contribution in [-0.2, 0) is 9.53 Å². The second kappa shape index (κ2) is 8.33. The number of aryl methyl sites for hydroxylation is 1. The number of nitrogens with zero attached hydrogens (tertiary/aromatic N) is 3. The van der Waals surface area contributed by atoms with Crippen LogP contribution in [0, 0.1) is 18.7 Å². The minimum absolute atomic E-state index is 0.150. The van der Waals surface area contributed by atoms with Crippen molar-refractivity contribution in [2.75, 3.05) is 19.7 Å². The first-order chi connectivity index (χ1) is 13.4. The van der Waals surface area contributed by atoms with Gasteiger partial charge in [-0.3, -0.25) is 14.4 Å². The zero-order valence-corrected chi connectivity index (χ0v) is 15.9. The van der Waals surface area contributed by atoms with Gasteiger partial charge in [-0.25, -0.2) is 9.07 Å². The first-order valence-electron chi connectivity index (χ1n) is 9.24.